The van der Waals surface area contributed by atoms with Gasteiger partial charge in [-0.15, -0.1) is 0 Å². The van der Waals surface area contributed by atoms with Crippen LogP contribution >= 0.6 is 0 Å². The van der Waals surface area contributed by atoms with Crippen LogP contribution in [0, 0.1) is 10.1 Å². The van der Waals surface area contributed by atoms with Crippen LogP contribution in [0.1, 0.15) is 26.7 Å². The van der Waals surface area contributed by atoms with E-state index in [1.807, 2.05) is 0 Å². The van der Waals surface area contributed by atoms with Crippen LogP contribution in [0.3, 0.4) is 0 Å². The predicted octanol–water partition coefficient (Wildman–Crippen LogP) is 2.71. The van der Waals surface area contributed by atoms with Gasteiger partial charge in [-0.25, -0.2) is 13.2 Å². The van der Waals surface area contributed by atoms with E-state index >= 15 is 0 Å². The highest BCUT2D eigenvalue weighted by atomic mass is 32.2. The minimum atomic E-state index is -3.06. The van der Waals surface area contributed by atoms with Gasteiger partial charge in [0.1, 0.15) is 21.2 Å². The first kappa shape index (κ1) is 18.9. The third-order valence-electron chi connectivity index (χ3n) is 2.90. The van der Waals surface area contributed by atoms with Crippen LogP contribution in [0.15, 0.2) is 24.3 Å². The molecule has 0 atom stereocenters. The number of nitrogens with zero attached hydrogens (tertiary/aromatic N) is 1. The number of sulfone groups is 1. The number of rotatable bonds is 7. The maximum Gasteiger partial charge on any atom is 0.514 e. The molecule has 0 saturated carbocycles. The van der Waals surface area contributed by atoms with E-state index in [9.17, 15) is 23.3 Å². The third kappa shape index (κ3) is 7.59. The van der Waals surface area contributed by atoms with Crippen molar-refractivity contribution >= 4 is 21.7 Å². The lowest BCUT2D eigenvalue weighted by Crippen LogP contribution is -2.30. The molecule has 1 rings (SSSR count). The molecule has 0 saturated heterocycles. The summed E-state index contributed by atoms with van der Waals surface area (Å²) < 4.78 is 32.2. The van der Waals surface area contributed by atoms with E-state index in [0.717, 1.165) is 6.26 Å². The van der Waals surface area contributed by atoms with Crippen LogP contribution < -0.4 is 4.74 Å². The van der Waals surface area contributed by atoms with E-state index in [2.05, 4.69) is 0 Å². The molecule has 0 unspecified atom stereocenters. The monoisotopic (exact) mass is 345 g/mol. The Morgan fingerprint density at radius 1 is 1.26 bits per heavy atom. The fraction of sp³-hybridized carbons (Fsp3) is 0.500. The molecule has 9 heteroatoms. The highest BCUT2D eigenvalue weighted by Crippen LogP contribution is 2.21. The summed E-state index contributed by atoms with van der Waals surface area (Å²) in [6.07, 6.45) is 0.902. The predicted molar refractivity (Wildman–Crippen MR) is 83.2 cm³/mol. The molecule has 0 fully saturated rings. The zero-order valence-corrected chi connectivity index (χ0v) is 14.0. The van der Waals surface area contributed by atoms with E-state index in [1.165, 1.54) is 24.3 Å². The fourth-order valence-electron chi connectivity index (χ4n) is 1.79. The number of ether oxygens (including phenoxy) is 2. The summed E-state index contributed by atoms with van der Waals surface area (Å²) in [5, 5.41) is 10.5. The lowest BCUT2D eigenvalue weighted by Gasteiger charge is -2.24. The quantitative estimate of drug-likeness (QED) is 0.323. The average Bonchev–Trinajstić information content (AvgIpc) is 2.36. The second-order valence-corrected chi connectivity index (χ2v) is 7.96. The van der Waals surface area contributed by atoms with Gasteiger partial charge in [0, 0.05) is 18.4 Å². The molecule has 0 aromatic heterocycles. The molecule has 0 amide bonds. The normalized spacial score (nSPS) is 11.8. The minimum Gasteiger partial charge on any atom is -0.428 e. The maximum absolute atomic E-state index is 11.7. The van der Waals surface area contributed by atoms with Gasteiger partial charge in [-0.2, -0.15) is 0 Å². The molecule has 0 bridgehead atoms. The lowest BCUT2D eigenvalue weighted by molar-refractivity contribution is -0.384. The first-order valence-electron chi connectivity index (χ1n) is 6.81. The number of hydrogen-bond acceptors (Lipinski definition) is 7. The Bertz CT molecular complexity index is 665. The maximum atomic E-state index is 11.7. The van der Waals surface area contributed by atoms with Crippen LogP contribution in [0.4, 0.5) is 10.5 Å². The molecular weight excluding hydrogens is 326 g/mol. The summed E-state index contributed by atoms with van der Waals surface area (Å²) in [6.45, 7) is 3.29. The minimum absolute atomic E-state index is 0.0111. The number of nitro groups is 1. The zero-order chi connectivity index (χ0) is 17.7. The standard InChI is InChI=1S/C14H19NO7S/c1-14(2,9-4-10-23(3,19)20)22-13(16)21-12-7-5-11(6-8-12)15(17)18/h5-8H,4,9-10H2,1-3H3. The van der Waals surface area contributed by atoms with Gasteiger partial charge in [0.05, 0.1) is 10.7 Å². The number of benzene rings is 1. The van der Waals surface area contributed by atoms with Gasteiger partial charge in [-0.05, 0) is 38.8 Å². The summed E-state index contributed by atoms with van der Waals surface area (Å²) in [4.78, 5) is 21.7. The van der Waals surface area contributed by atoms with Gasteiger partial charge < -0.3 is 9.47 Å². The van der Waals surface area contributed by atoms with Crippen molar-refractivity contribution in [2.75, 3.05) is 12.0 Å². The summed E-state index contributed by atoms with van der Waals surface area (Å²) in [5.74, 6) is 0.129. The summed E-state index contributed by atoms with van der Waals surface area (Å²) in [5.41, 5.74) is -1.01. The van der Waals surface area contributed by atoms with Gasteiger partial charge in [0.15, 0.2) is 0 Å². The Labute approximate surface area is 134 Å². The highest BCUT2D eigenvalue weighted by molar-refractivity contribution is 7.90. The van der Waals surface area contributed by atoms with Crippen molar-refractivity contribution in [3.8, 4) is 5.75 Å². The van der Waals surface area contributed by atoms with Crippen molar-refractivity contribution in [1.82, 2.24) is 0 Å². The zero-order valence-electron chi connectivity index (χ0n) is 13.1. The van der Waals surface area contributed by atoms with Crippen molar-refractivity contribution in [2.45, 2.75) is 32.3 Å². The molecule has 0 aliphatic rings. The number of carbonyl (C=O) groups excluding carboxylic acids is 1. The Hall–Kier alpha value is -2.16. The smallest absolute Gasteiger partial charge is 0.428 e. The van der Waals surface area contributed by atoms with Crippen LogP contribution in [-0.4, -0.2) is 37.1 Å². The SMILES string of the molecule is CC(C)(CCCS(C)(=O)=O)OC(=O)Oc1ccc([N+](=O)[O-])cc1. The van der Waals surface area contributed by atoms with E-state index in [-0.39, 0.29) is 17.2 Å². The second kappa shape index (κ2) is 7.40. The molecule has 0 spiro atoms. The molecule has 1 aromatic carbocycles. The van der Waals surface area contributed by atoms with Crippen LogP contribution in [-0.2, 0) is 14.6 Å². The summed E-state index contributed by atoms with van der Waals surface area (Å²) >= 11 is 0. The van der Waals surface area contributed by atoms with Gasteiger partial charge in [0.2, 0.25) is 0 Å². The molecule has 0 aliphatic heterocycles. The molecule has 8 nitrogen and oxygen atoms in total. The molecule has 128 valence electrons. The van der Waals surface area contributed by atoms with E-state index < -0.39 is 26.5 Å². The highest BCUT2D eigenvalue weighted by Gasteiger charge is 2.24. The molecule has 0 aliphatic carbocycles. The number of non-ortho nitro benzene ring substituents is 1. The summed E-state index contributed by atoms with van der Waals surface area (Å²) in [6, 6.07) is 4.99. The average molecular weight is 345 g/mol. The van der Waals surface area contributed by atoms with Crippen molar-refractivity contribution < 1.29 is 27.6 Å². The first-order valence-corrected chi connectivity index (χ1v) is 8.88. The number of carbonyl (C=O) groups is 1. The molecule has 1 aromatic rings. The molecule has 23 heavy (non-hydrogen) atoms. The first-order chi connectivity index (χ1) is 10.5. The van der Waals surface area contributed by atoms with E-state index in [4.69, 9.17) is 9.47 Å². The Balaban J connectivity index is 2.52. The van der Waals surface area contributed by atoms with Gasteiger partial charge >= 0.3 is 6.16 Å². The topological polar surface area (TPSA) is 113 Å². The van der Waals surface area contributed by atoms with Crippen LogP contribution in [0.2, 0.25) is 0 Å². The molecule has 0 N–H and O–H groups in total. The number of nitro benzene ring substituents is 1. The Kier molecular flexibility index (Phi) is 6.08. The van der Waals surface area contributed by atoms with E-state index in [0.29, 0.717) is 12.8 Å². The number of hydrogen-bond donors (Lipinski definition) is 0. The van der Waals surface area contributed by atoms with Gasteiger partial charge in [-0.3, -0.25) is 10.1 Å². The Morgan fingerprint density at radius 3 is 2.30 bits per heavy atom. The van der Waals surface area contributed by atoms with Crippen LogP contribution in [0.5, 0.6) is 5.75 Å². The van der Waals surface area contributed by atoms with Crippen LogP contribution in [0.25, 0.3) is 0 Å². The molecule has 0 radical (unpaired) electrons. The van der Waals surface area contributed by atoms with E-state index in [1.54, 1.807) is 13.8 Å². The van der Waals surface area contributed by atoms with Crippen molar-refractivity contribution in [1.29, 1.82) is 0 Å². The van der Waals surface area contributed by atoms with Crippen molar-refractivity contribution in [3.05, 3.63) is 34.4 Å². The second-order valence-electron chi connectivity index (χ2n) is 5.70. The van der Waals surface area contributed by atoms with Gasteiger partial charge in [-0.1, -0.05) is 0 Å². The Morgan fingerprint density at radius 2 is 1.83 bits per heavy atom. The fourth-order valence-corrected chi connectivity index (χ4v) is 2.46. The molecule has 0 heterocycles. The van der Waals surface area contributed by atoms with Gasteiger partial charge in [0.25, 0.3) is 5.69 Å². The molecular formula is C14H19NO7S. The van der Waals surface area contributed by atoms with Crippen molar-refractivity contribution in [2.24, 2.45) is 0 Å². The summed E-state index contributed by atoms with van der Waals surface area (Å²) in [7, 11) is -3.06. The lowest BCUT2D eigenvalue weighted by atomic mass is 10.0. The van der Waals surface area contributed by atoms with Crippen molar-refractivity contribution in [3.63, 3.8) is 0 Å². The third-order valence-corrected chi connectivity index (χ3v) is 3.93. The largest absolute Gasteiger partial charge is 0.514 e.